The molecule has 0 saturated heterocycles. The van der Waals surface area contributed by atoms with Gasteiger partial charge >= 0.3 is 5.97 Å². The molecular weight excluding hydrogens is 296 g/mol. The molecule has 1 aromatic heterocycles. The number of nitro benzene ring substituents is 1. The molecule has 1 aromatic carbocycles. The Labute approximate surface area is 124 Å². The van der Waals surface area contributed by atoms with Crippen molar-refractivity contribution in [3.05, 3.63) is 51.2 Å². The summed E-state index contributed by atoms with van der Waals surface area (Å²) in [6, 6.07) is 7.85. The molecule has 0 atom stereocenters. The van der Waals surface area contributed by atoms with Crippen LogP contribution in [0.15, 0.2) is 30.3 Å². The highest BCUT2D eigenvalue weighted by atomic mass is 35.5. The third-order valence-electron chi connectivity index (χ3n) is 3.49. The van der Waals surface area contributed by atoms with Crippen LogP contribution in [-0.2, 0) is 0 Å². The standard InChI is InChI=1S/C14H11ClN2O4/c15-10-7-8(1-4-12(10)17(20)21)11-5-6-13(14(18)19)16(11)9-2-3-9/h1,4-7,9H,2-3H2,(H,18,19). The van der Waals surface area contributed by atoms with Crippen LogP contribution in [0.1, 0.15) is 29.4 Å². The highest BCUT2D eigenvalue weighted by Crippen LogP contribution is 2.41. The third-order valence-corrected chi connectivity index (χ3v) is 3.79. The van der Waals surface area contributed by atoms with Crippen LogP contribution >= 0.6 is 11.6 Å². The van der Waals surface area contributed by atoms with E-state index in [-0.39, 0.29) is 22.4 Å². The molecule has 3 rings (SSSR count). The van der Waals surface area contributed by atoms with Gasteiger partial charge in [-0.25, -0.2) is 4.79 Å². The van der Waals surface area contributed by atoms with Gasteiger partial charge in [-0.1, -0.05) is 11.6 Å². The van der Waals surface area contributed by atoms with E-state index in [0.717, 1.165) is 12.8 Å². The summed E-state index contributed by atoms with van der Waals surface area (Å²) in [6.07, 6.45) is 1.87. The van der Waals surface area contributed by atoms with E-state index in [9.17, 15) is 20.0 Å². The lowest BCUT2D eigenvalue weighted by atomic mass is 10.1. The molecule has 0 unspecified atom stereocenters. The zero-order valence-electron chi connectivity index (χ0n) is 10.8. The third kappa shape index (κ3) is 2.38. The van der Waals surface area contributed by atoms with Crippen LogP contribution in [0.5, 0.6) is 0 Å². The highest BCUT2D eigenvalue weighted by Gasteiger charge is 2.30. The molecule has 0 amide bonds. The quantitative estimate of drug-likeness (QED) is 0.688. The number of aromatic nitrogens is 1. The van der Waals surface area contributed by atoms with Crippen LogP contribution < -0.4 is 0 Å². The lowest BCUT2D eigenvalue weighted by Gasteiger charge is -2.11. The first-order valence-electron chi connectivity index (χ1n) is 6.38. The fourth-order valence-electron chi connectivity index (χ4n) is 2.40. The second-order valence-electron chi connectivity index (χ2n) is 4.93. The van der Waals surface area contributed by atoms with Crippen molar-refractivity contribution in [2.45, 2.75) is 18.9 Å². The van der Waals surface area contributed by atoms with E-state index < -0.39 is 10.9 Å². The molecule has 1 aliphatic carbocycles. The molecule has 1 aliphatic rings. The Morgan fingerprint density at radius 1 is 1.33 bits per heavy atom. The van der Waals surface area contributed by atoms with Crippen LogP contribution in [-0.4, -0.2) is 20.6 Å². The SMILES string of the molecule is O=C(O)c1ccc(-c2ccc([N+](=O)[O-])c(Cl)c2)n1C1CC1. The molecule has 2 aromatic rings. The van der Waals surface area contributed by atoms with E-state index in [4.69, 9.17) is 11.6 Å². The molecular formula is C14H11ClN2O4. The van der Waals surface area contributed by atoms with Crippen LogP contribution in [0.4, 0.5) is 5.69 Å². The van der Waals surface area contributed by atoms with Crippen molar-refractivity contribution >= 4 is 23.3 Å². The number of carboxylic acid groups (broad SMARTS) is 1. The first-order valence-corrected chi connectivity index (χ1v) is 6.75. The Kier molecular flexibility index (Phi) is 3.17. The number of hydrogen-bond donors (Lipinski definition) is 1. The fourth-order valence-corrected chi connectivity index (χ4v) is 2.65. The van der Waals surface area contributed by atoms with E-state index in [0.29, 0.717) is 11.3 Å². The molecule has 7 heteroatoms. The van der Waals surface area contributed by atoms with Crippen molar-refractivity contribution < 1.29 is 14.8 Å². The first kappa shape index (κ1) is 13.6. The summed E-state index contributed by atoms with van der Waals surface area (Å²) in [5.74, 6) is -0.985. The molecule has 0 aliphatic heterocycles. The summed E-state index contributed by atoms with van der Waals surface area (Å²) in [7, 11) is 0. The van der Waals surface area contributed by atoms with Gasteiger partial charge in [0.05, 0.1) is 4.92 Å². The molecule has 1 fully saturated rings. The van der Waals surface area contributed by atoms with Crippen LogP contribution in [0.2, 0.25) is 5.02 Å². The first-order chi connectivity index (χ1) is 9.99. The van der Waals surface area contributed by atoms with Crippen LogP contribution in [0, 0.1) is 10.1 Å². The molecule has 108 valence electrons. The highest BCUT2D eigenvalue weighted by molar-refractivity contribution is 6.32. The van der Waals surface area contributed by atoms with Gasteiger partial charge in [-0.2, -0.15) is 0 Å². The van der Waals surface area contributed by atoms with Gasteiger partial charge in [0, 0.05) is 23.4 Å². The van der Waals surface area contributed by atoms with Gasteiger partial charge < -0.3 is 9.67 Å². The summed E-state index contributed by atoms with van der Waals surface area (Å²) in [6.45, 7) is 0. The number of rotatable bonds is 4. The second kappa shape index (κ2) is 4.89. The van der Waals surface area contributed by atoms with Crippen molar-refractivity contribution in [1.29, 1.82) is 0 Å². The lowest BCUT2D eigenvalue weighted by molar-refractivity contribution is -0.384. The van der Waals surface area contributed by atoms with E-state index in [1.807, 2.05) is 0 Å². The van der Waals surface area contributed by atoms with Gasteiger partial charge in [0.25, 0.3) is 5.69 Å². The Hall–Kier alpha value is -2.34. The van der Waals surface area contributed by atoms with Crippen molar-refractivity contribution in [2.24, 2.45) is 0 Å². The van der Waals surface area contributed by atoms with Gasteiger partial charge in [0.2, 0.25) is 0 Å². The van der Waals surface area contributed by atoms with Crippen molar-refractivity contribution in [3.8, 4) is 11.3 Å². The summed E-state index contributed by atoms with van der Waals surface area (Å²) in [5.41, 5.74) is 1.45. The van der Waals surface area contributed by atoms with E-state index in [2.05, 4.69) is 0 Å². The van der Waals surface area contributed by atoms with E-state index in [1.165, 1.54) is 12.1 Å². The molecule has 0 bridgehead atoms. The molecule has 1 N–H and O–H groups in total. The van der Waals surface area contributed by atoms with E-state index in [1.54, 1.807) is 22.8 Å². The number of hydrogen-bond acceptors (Lipinski definition) is 3. The monoisotopic (exact) mass is 306 g/mol. The summed E-state index contributed by atoms with van der Waals surface area (Å²) in [4.78, 5) is 21.5. The smallest absolute Gasteiger partial charge is 0.352 e. The van der Waals surface area contributed by atoms with Crippen LogP contribution in [0.25, 0.3) is 11.3 Å². The normalized spacial score (nSPS) is 14.1. The minimum absolute atomic E-state index is 0.0397. The van der Waals surface area contributed by atoms with Crippen molar-refractivity contribution in [2.75, 3.05) is 0 Å². The maximum absolute atomic E-state index is 11.3. The summed E-state index contributed by atoms with van der Waals surface area (Å²) >= 11 is 5.92. The van der Waals surface area contributed by atoms with Crippen molar-refractivity contribution in [1.82, 2.24) is 4.57 Å². The van der Waals surface area contributed by atoms with Gasteiger partial charge in [-0.15, -0.1) is 0 Å². The Morgan fingerprint density at radius 3 is 2.57 bits per heavy atom. The number of halogens is 1. The largest absolute Gasteiger partial charge is 0.477 e. The number of nitro groups is 1. The Bertz CT molecular complexity index is 749. The average Bonchev–Trinajstić information content (AvgIpc) is 3.16. The number of nitrogens with zero attached hydrogens (tertiary/aromatic N) is 2. The predicted molar refractivity (Wildman–Crippen MR) is 76.8 cm³/mol. The van der Waals surface area contributed by atoms with E-state index >= 15 is 0 Å². The van der Waals surface area contributed by atoms with Crippen molar-refractivity contribution in [3.63, 3.8) is 0 Å². The zero-order chi connectivity index (χ0) is 15.1. The number of benzene rings is 1. The minimum atomic E-state index is -0.985. The second-order valence-corrected chi connectivity index (χ2v) is 5.34. The molecule has 1 saturated carbocycles. The minimum Gasteiger partial charge on any atom is -0.477 e. The molecule has 0 spiro atoms. The Balaban J connectivity index is 2.11. The number of aromatic carboxylic acids is 1. The maximum atomic E-state index is 11.3. The molecule has 6 nitrogen and oxygen atoms in total. The predicted octanol–water partition coefficient (Wildman–Crippen LogP) is 3.75. The topological polar surface area (TPSA) is 85.4 Å². The average molecular weight is 307 g/mol. The van der Waals surface area contributed by atoms with Crippen LogP contribution in [0.3, 0.4) is 0 Å². The van der Waals surface area contributed by atoms with Gasteiger partial charge in [0.15, 0.2) is 0 Å². The molecule has 0 radical (unpaired) electrons. The molecule has 1 heterocycles. The molecule has 21 heavy (non-hydrogen) atoms. The Morgan fingerprint density at radius 2 is 2.05 bits per heavy atom. The van der Waals surface area contributed by atoms with Gasteiger partial charge in [-0.05, 0) is 37.1 Å². The zero-order valence-corrected chi connectivity index (χ0v) is 11.6. The summed E-state index contributed by atoms with van der Waals surface area (Å²) in [5, 5.41) is 20.1. The number of carboxylic acids is 1. The fraction of sp³-hybridized carbons (Fsp3) is 0.214. The van der Waals surface area contributed by atoms with Gasteiger partial charge in [-0.3, -0.25) is 10.1 Å². The maximum Gasteiger partial charge on any atom is 0.352 e. The lowest BCUT2D eigenvalue weighted by Crippen LogP contribution is -2.08. The number of carbonyl (C=O) groups is 1. The van der Waals surface area contributed by atoms with Gasteiger partial charge in [0.1, 0.15) is 10.7 Å². The summed E-state index contributed by atoms with van der Waals surface area (Å²) < 4.78 is 1.76.